The Kier molecular flexibility index (Phi) is 5.25. The number of nitrogens with zero attached hydrogens (tertiary/aromatic N) is 1. The molecule has 0 aromatic rings. The molecule has 0 aromatic heterocycles. The van der Waals surface area contributed by atoms with Gasteiger partial charge in [0, 0.05) is 25.9 Å². The van der Waals surface area contributed by atoms with Crippen molar-refractivity contribution in [3.8, 4) is 0 Å². The van der Waals surface area contributed by atoms with Crippen LogP contribution in [0.1, 0.15) is 32.6 Å². The predicted octanol–water partition coefficient (Wildman–Crippen LogP) is 0.452. The third-order valence-corrected chi connectivity index (χ3v) is 2.86. The standard InChI is InChI=1S/C9H16N2O.C2H4O2/c12-9-2-1-7-11(9)8-3-5-10-6-4-8;1-2(3)4/h8,10H,1-7H2;1H3,(H,3,4). The molecule has 0 aliphatic carbocycles. The van der Waals surface area contributed by atoms with E-state index in [0.717, 1.165) is 52.2 Å². The van der Waals surface area contributed by atoms with Gasteiger partial charge in [-0.25, -0.2) is 0 Å². The van der Waals surface area contributed by atoms with Crippen LogP contribution in [-0.4, -0.2) is 47.6 Å². The van der Waals surface area contributed by atoms with Gasteiger partial charge in [0.15, 0.2) is 0 Å². The highest BCUT2D eigenvalue weighted by Crippen LogP contribution is 2.18. The summed E-state index contributed by atoms with van der Waals surface area (Å²) in [6, 6.07) is 0.543. The molecule has 2 aliphatic rings. The van der Waals surface area contributed by atoms with E-state index in [0.29, 0.717) is 11.9 Å². The third-order valence-electron chi connectivity index (χ3n) is 2.86. The number of carboxylic acid groups (broad SMARTS) is 1. The number of nitrogens with one attached hydrogen (secondary N) is 1. The second-order valence-corrected chi connectivity index (χ2v) is 4.19. The molecular weight excluding hydrogens is 208 g/mol. The summed E-state index contributed by atoms with van der Waals surface area (Å²) < 4.78 is 0. The van der Waals surface area contributed by atoms with Gasteiger partial charge < -0.3 is 15.3 Å². The maximum atomic E-state index is 11.4. The summed E-state index contributed by atoms with van der Waals surface area (Å²) in [6.45, 7) is 4.24. The molecule has 0 bridgehead atoms. The highest BCUT2D eigenvalue weighted by molar-refractivity contribution is 5.78. The summed E-state index contributed by atoms with van der Waals surface area (Å²) in [5.41, 5.74) is 0. The molecule has 2 fully saturated rings. The molecule has 2 aliphatic heterocycles. The second kappa shape index (κ2) is 6.48. The van der Waals surface area contributed by atoms with Gasteiger partial charge >= 0.3 is 0 Å². The fourth-order valence-electron chi connectivity index (χ4n) is 2.17. The zero-order valence-electron chi connectivity index (χ0n) is 9.74. The topological polar surface area (TPSA) is 69.6 Å². The van der Waals surface area contributed by atoms with Gasteiger partial charge in [0.05, 0.1) is 0 Å². The number of piperidine rings is 1. The molecule has 0 radical (unpaired) electrons. The van der Waals surface area contributed by atoms with Crippen molar-refractivity contribution >= 4 is 11.9 Å². The number of likely N-dealkylation sites (tertiary alicyclic amines) is 1. The minimum atomic E-state index is -0.833. The first kappa shape index (κ1) is 13.0. The number of amides is 1. The number of hydrogen-bond acceptors (Lipinski definition) is 3. The van der Waals surface area contributed by atoms with Gasteiger partial charge in [-0.15, -0.1) is 0 Å². The van der Waals surface area contributed by atoms with Crippen LogP contribution < -0.4 is 5.32 Å². The summed E-state index contributed by atoms with van der Waals surface area (Å²) >= 11 is 0. The van der Waals surface area contributed by atoms with Crippen LogP contribution in [-0.2, 0) is 9.59 Å². The fraction of sp³-hybridized carbons (Fsp3) is 0.818. The molecule has 2 N–H and O–H groups in total. The smallest absolute Gasteiger partial charge is 0.300 e. The summed E-state index contributed by atoms with van der Waals surface area (Å²) in [7, 11) is 0. The molecule has 5 nitrogen and oxygen atoms in total. The van der Waals surface area contributed by atoms with Crippen molar-refractivity contribution in [2.45, 2.75) is 38.6 Å². The number of rotatable bonds is 1. The molecule has 0 spiro atoms. The van der Waals surface area contributed by atoms with E-state index in [1.807, 2.05) is 0 Å². The Morgan fingerprint density at radius 2 is 2.00 bits per heavy atom. The van der Waals surface area contributed by atoms with E-state index in [9.17, 15) is 4.79 Å². The molecule has 92 valence electrons. The lowest BCUT2D eigenvalue weighted by Crippen LogP contribution is -2.43. The molecule has 0 saturated carbocycles. The predicted molar refractivity (Wildman–Crippen MR) is 60.1 cm³/mol. The molecule has 2 heterocycles. The maximum absolute atomic E-state index is 11.4. The van der Waals surface area contributed by atoms with Crippen LogP contribution in [0.4, 0.5) is 0 Å². The zero-order valence-corrected chi connectivity index (χ0v) is 9.74. The van der Waals surface area contributed by atoms with Gasteiger partial charge in [0.1, 0.15) is 0 Å². The Balaban J connectivity index is 0.000000280. The Hall–Kier alpha value is -1.10. The number of carbonyl (C=O) groups excluding carboxylic acids is 1. The van der Waals surface area contributed by atoms with E-state index in [2.05, 4.69) is 10.2 Å². The van der Waals surface area contributed by atoms with Crippen LogP contribution in [0.5, 0.6) is 0 Å². The van der Waals surface area contributed by atoms with Crippen molar-refractivity contribution in [1.82, 2.24) is 10.2 Å². The number of carboxylic acids is 1. The van der Waals surface area contributed by atoms with Gasteiger partial charge in [0.2, 0.25) is 5.91 Å². The first-order chi connectivity index (χ1) is 7.61. The minimum absolute atomic E-state index is 0.377. The van der Waals surface area contributed by atoms with Crippen molar-refractivity contribution in [3.05, 3.63) is 0 Å². The second-order valence-electron chi connectivity index (χ2n) is 4.19. The Labute approximate surface area is 95.8 Å². The highest BCUT2D eigenvalue weighted by atomic mass is 16.4. The SMILES string of the molecule is CC(=O)O.O=C1CCCN1C1CCNCC1. The van der Waals surface area contributed by atoms with E-state index in [1.54, 1.807) is 0 Å². The van der Waals surface area contributed by atoms with Gasteiger partial charge in [-0.1, -0.05) is 0 Å². The molecule has 0 atom stereocenters. The molecule has 2 rings (SSSR count). The highest BCUT2D eigenvalue weighted by Gasteiger charge is 2.28. The largest absolute Gasteiger partial charge is 0.481 e. The molecule has 5 heteroatoms. The van der Waals surface area contributed by atoms with E-state index >= 15 is 0 Å². The lowest BCUT2D eigenvalue weighted by Gasteiger charge is -2.31. The van der Waals surface area contributed by atoms with Crippen LogP contribution in [0.15, 0.2) is 0 Å². The van der Waals surface area contributed by atoms with Gasteiger partial charge in [-0.3, -0.25) is 9.59 Å². The van der Waals surface area contributed by atoms with E-state index < -0.39 is 5.97 Å². The van der Waals surface area contributed by atoms with Crippen molar-refractivity contribution in [2.24, 2.45) is 0 Å². The average molecular weight is 228 g/mol. The van der Waals surface area contributed by atoms with Crippen molar-refractivity contribution in [1.29, 1.82) is 0 Å². The van der Waals surface area contributed by atoms with Crippen LogP contribution in [0, 0.1) is 0 Å². The first-order valence-electron chi connectivity index (χ1n) is 5.81. The summed E-state index contributed by atoms with van der Waals surface area (Å²) in [6.07, 6.45) is 4.14. The maximum Gasteiger partial charge on any atom is 0.300 e. The van der Waals surface area contributed by atoms with E-state index in [1.165, 1.54) is 0 Å². The molecule has 0 aromatic carbocycles. The summed E-state index contributed by atoms with van der Waals surface area (Å²) in [4.78, 5) is 22.5. The zero-order chi connectivity index (χ0) is 12.0. The Morgan fingerprint density at radius 1 is 1.44 bits per heavy atom. The van der Waals surface area contributed by atoms with Gasteiger partial charge in [-0.2, -0.15) is 0 Å². The molecule has 1 amide bonds. The average Bonchev–Trinajstić information content (AvgIpc) is 2.65. The van der Waals surface area contributed by atoms with Gasteiger partial charge in [0.25, 0.3) is 5.97 Å². The Morgan fingerprint density at radius 3 is 2.44 bits per heavy atom. The normalized spacial score (nSPS) is 21.6. The first-order valence-corrected chi connectivity index (χ1v) is 5.81. The van der Waals surface area contributed by atoms with Crippen molar-refractivity contribution in [2.75, 3.05) is 19.6 Å². The molecule has 2 saturated heterocycles. The van der Waals surface area contributed by atoms with Crippen LogP contribution in [0.25, 0.3) is 0 Å². The number of aliphatic carboxylic acids is 1. The van der Waals surface area contributed by atoms with Gasteiger partial charge in [-0.05, 0) is 32.4 Å². The monoisotopic (exact) mass is 228 g/mol. The molecular formula is C11H20N2O3. The quantitative estimate of drug-likeness (QED) is 0.683. The minimum Gasteiger partial charge on any atom is -0.481 e. The van der Waals surface area contributed by atoms with Crippen molar-refractivity contribution in [3.63, 3.8) is 0 Å². The fourth-order valence-corrected chi connectivity index (χ4v) is 2.17. The summed E-state index contributed by atoms with van der Waals surface area (Å²) in [5, 5.41) is 10.7. The lowest BCUT2D eigenvalue weighted by molar-refractivity contribution is -0.134. The lowest BCUT2D eigenvalue weighted by atomic mass is 10.1. The number of hydrogen-bond donors (Lipinski definition) is 2. The molecule has 16 heavy (non-hydrogen) atoms. The van der Waals surface area contributed by atoms with E-state index in [-0.39, 0.29) is 0 Å². The third kappa shape index (κ3) is 4.18. The van der Waals surface area contributed by atoms with Crippen LogP contribution in [0.3, 0.4) is 0 Å². The number of carbonyl (C=O) groups is 2. The van der Waals surface area contributed by atoms with Crippen LogP contribution in [0.2, 0.25) is 0 Å². The van der Waals surface area contributed by atoms with Crippen LogP contribution >= 0.6 is 0 Å². The molecule has 0 unspecified atom stereocenters. The van der Waals surface area contributed by atoms with Crippen molar-refractivity contribution < 1.29 is 14.7 Å². The Bertz CT molecular complexity index is 246. The summed E-state index contributed by atoms with van der Waals surface area (Å²) in [5.74, 6) is -0.457. The van der Waals surface area contributed by atoms with E-state index in [4.69, 9.17) is 9.90 Å².